The molecule has 0 radical (unpaired) electrons. The molecule has 5 nitrogen and oxygen atoms in total. The molecule has 0 aliphatic heterocycles. The van der Waals surface area contributed by atoms with Crippen molar-refractivity contribution < 1.29 is 9.53 Å². The number of methoxy groups -OCH3 is 1. The molecule has 0 heterocycles. The van der Waals surface area contributed by atoms with Crippen LogP contribution in [-0.2, 0) is 0 Å². The van der Waals surface area contributed by atoms with Crippen LogP contribution >= 0.6 is 11.6 Å². The van der Waals surface area contributed by atoms with Crippen molar-refractivity contribution in [3.63, 3.8) is 0 Å². The summed E-state index contributed by atoms with van der Waals surface area (Å²) in [5.41, 5.74) is 7.01. The third-order valence-electron chi connectivity index (χ3n) is 2.88. The van der Waals surface area contributed by atoms with E-state index in [0.29, 0.717) is 22.0 Å². The summed E-state index contributed by atoms with van der Waals surface area (Å²) < 4.78 is 5.07. The van der Waals surface area contributed by atoms with Gasteiger partial charge in [0.25, 0.3) is 5.91 Å². The van der Waals surface area contributed by atoms with E-state index in [2.05, 4.69) is 5.32 Å². The van der Waals surface area contributed by atoms with E-state index in [9.17, 15) is 4.79 Å². The van der Waals surface area contributed by atoms with Crippen LogP contribution in [0.2, 0.25) is 5.02 Å². The minimum Gasteiger partial charge on any atom is -0.495 e. The maximum atomic E-state index is 12.3. The van der Waals surface area contributed by atoms with E-state index in [0.717, 1.165) is 0 Å². The number of ether oxygens (including phenoxy) is 1. The summed E-state index contributed by atoms with van der Waals surface area (Å²) in [4.78, 5) is 12.3. The minimum atomic E-state index is -0.440. The fourth-order valence-corrected chi connectivity index (χ4v) is 2.00. The van der Waals surface area contributed by atoms with Gasteiger partial charge in [0.15, 0.2) is 0 Å². The van der Waals surface area contributed by atoms with Crippen LogP contribution in [0.3, 0.4) is 0 Å². The van der Waals surface area contributed by atoms with Gasteiger partial charge >= 0.3 is 0 Å². The fraction of sp³-hybridized carbons (Fsp3) is 0.0667. The number of anilines is 2. The zero-order chi connectivity index (χ0) is 15.4. The number of nitrogens with one attached hydrogen (secondary N) is 1. The predicted molar refractivity (Wildman–Crippen MR) is 81.5 cm³/mol. The van der Waals surface area contributed by atoms with Crippen LogP contribution in [0.5, 0.6) is 5.75 Å². The average Bonchev–Trinajstić information content (AvgIpc) is 2.47. The van der Waals surface area contributed by atoms with E-state index in [1.807, 2.05) is 6.07 Å². The van der Waals surface area contributed by atoms with E-state index >= 15 is 0 Å². The van der Waals surface area contributed by atoms with E-state index in [1.54, 1.807) is 24.3 Å². The van der Waals surface area contributed by atoms with Crippen LogP contribution in [0, 0.1) is 11.3 Å². The van der Waals surface area contributed by atoms with Crippen molar-refractivity contribution in [2.45, 2.75) is 0 Å². The van der Waals surface area contributed by atoms with Gasteiger partial charge in [-0.25, -0.2) is 0 Å². The maximum Gasteiger partial charge on any atom is 0.257 e. The lowest BCUT2D eigenvalue weighted by molar-refractivity contribution is 0.102. The van der Waals surface area contributed by atoms with Gasteiger partial charge in [-0.3, -0.25) is 4.79 Å². The minimum absolute atomic E-state index is 0.234. The smallest absolute Gasteiger partial charge is 0.257 e. The number of amides is 1. The number of carbonyl (C=O) groups is 1. The molecular weight excluding hydrogens is 290 g/mol. The topological polar surface area (TPSA) is 88.1 Å². The number of benzene rings is 2. The van der Waals surface area contributed by atoms with Gasteiger partial charge in [-0.15, -0.1) is 0 Å². The third kappa shape index (κ3) is 3.07. The molecule has 0 fully saturated rings. The summed E-state index contributed by atoms with van der Waals surface area (Å²) in [6, 6.07) is 11.5. The van der Waals surface area contributed by atoms with Gasteiger partial charge in [0.1, 0.15) is 11.8 Å². The highest BCUT2D eigenvalue weighted by molar-refractivity contribution is 6.31. The number of nitrogen functional groups attached to an aromatic ring is 1. The lowest BCUT2D eigenvalue weighted by Gasteiger charge is -2.11. The number of hydrogen-bond acceptors (Lipinski definition) is 4. The molecule has 0 spiro atoms. The zero-order valence-electron chi connectivity index (χ0n) is 11.2. The molecule has 3 N–H and O–H groups in total. The van der Waals surface area contributed by atoms with Gasteiger partial charge in [-0.1, -0.05) is 17.7 Å². The molecular formula is C15H12ClN3O2. The molecule has 0 atom stereocenters. The summed E-state index contributed by atoms with van der Waals surface area (Å²) in [5, 5.41) is 12.1. The monoisotopic (exact) mass is 301 g/mol. The van der Waals surface area contributed by atoms with Gasteiger partial charge < -0.3 is 15.8 Å². The quantitative estimate of drug-likeness (QED) is 0.853. The summed E-state index contributed by atoms with van der Waals surface area (Å²) in [7, 11) is 1.47. The molecule has 1 amide bonds. The van der Waals surface area contributed by atoms with E-state index in [4.69, 9.17) is 27.3 Å². The molecule has 2 aromatic rings. The van der Waals surface area contributed by atoms with Crippen LogP contribution in [0.15, 0.2) is 36.4 Å². The van der Waals surface area contributed by atoms with Crippen molar-refractivity contribution in [3.05, 3.63) is 52.5 Å². The molecule has 21 heavy (non-hydrogen) atoms. The second kappa shape index (κ2) is 6.16. The molecule has 0 aliphatic carbocycles. The molecule has 0 unspecified atom stereocenters. The predicted octanol–water partition coefficient (Wildman–Crippen LogP) is 3.05. The van der Waals surface area contributed by atoms with Crippen molar-refractivity contribution in [2.24, 2.45) is 0 Å². The first-order valence-electron chi connectivity index (χ1n) is 6.00. The van der Waals surface area contributed by atoms with Crippen molar-refractivity contribution in [1.82, 2.24) is 0 Å². The van der Waals surface area contributed by atoms with Gasteiger partial charge in [-0.2, -0.15) is 5.26 Å². The number of nitriles is 1. The molecule has 0 bridgehead atoms. The number of hydrogen-bond donors (Lipinski definition) is 2. The first kappa shape index (κ1) is 14.7. The lowest BCUT2D eigenvalue weighted by Crippen LogP contribution is -2.15. The van der Waals surface area contributed by atoms with E-state index < -0.39 is 5.91 Å². The Balaban J connectivity index is 2.35. The molecule has 0 saturated carbocycles. The number of para-hydroxylation sites is 1. The van der Waals surface area contributed by atoms with E-state index in [1.165, 1.54) is 19.2 Å². The molecule has 6 heteroatoms. The highest BCUT2D eigenvalue weighted by Crippen LogP contribution is 2.26. The Kier molecular flexibility index (Phi) is 4.31. The first-order valence-corrected chi connectivity index (χ1v) is 6.38. The average molecular weight is 302 g/mol. The fourth-order valence-electron chi connectivity index (χ4n) is 1.83. The van der Waals surface area contributed by atoms with Crippen molar-refractivity contribution in [3.8, 4) is 11.8 Å². The summed E-state index contributed by atoms with van der Waals surface area (Å²) >= 11 is 5.88. The summed E-state index contributed by atoms with van der Waals surface area (Å²) in [5.74, 6) is -0.0283. The molecule has 2 rings (SSSR count). The van der Waals surface area contributed by atoms with Crippen molar-refractivity contribution >= 4 is 28.9 Å². The van der Waals surface area contributed by atoms with Gasteiger partial charge in [0.05, 0.1) is 29.6 Å². The number of rotatable bonds is 3. The largest absolute Gasteiger partial charge is 0.495 e. The van der Waals surface area contributed by atoms with Gasteiger partial charge in [-0.05, 0) is 30.3 Å². The highest BCUT2D eigenvalue weighted by Gasteiger charge is 2.15. The van der Waals surface area contributed by atoms with Crippen LogP contribution in [0.25, 0.3) is 0 Å². The standard InChI is InChI=1S/C15H12ClN3O2/c1-21-13-4-2-3-11(14(13)18)15(20)19-12-7-10(16)6-5-9(12)8-17/h2-7H,18H2,1H3,(H,19,20). The zero-order valence-corrected chi connectivity index (χ0v) is 11.9. The second-order valence-electron chi connectivity index (χ2n) is 4.18. The first-order chi connectivity index (χ1) is 10.1. The molecule has 0 aromatic heterocycles. The summed E-state index contributed by atoms with van der Waals surface area (Å²) in [6.45, 7) is 0. The number of halogens is 1. The molecule has 106 valence electrons. The molecule has 0 aliphatic rings. The Bertz CT molecular complexity index is 738. The van der Waals surface area contributed by atoms with Crippen LogP contribution in [0.1, 0.15) is 15.9 Å². The number of carbonyl (C=O) groups excluding carboxylic acids is 1. The normalized spacial score (nSPS) is 9.76. The molecule has 2 aromatic carbocycles. The Hall–Kier alpha value is -2.71. The van der Waals surface area contributed by atoms with Crippen LogP contribution in [0.4, 0.5) is 11.4 Å². The lowest BCUT2D eigenvalue weighted by atomic mass is 10.1. The summed E-state index contributed by atoms with van der Waals surface area (Å²) in [6.07, 6.45) is 0. The van der Waals surface area contributed by atoms with Crippen LogP contribution < -0.4 is 15.8 Å². The van der Waals surface area contributed by atoms with Crippen molar-refractivity contribution in [1.29, 1.82) is 5.26 Å². The van der Waals surface area contributed by atoms with Crippen LogP contribution in [-0.4, -0.2) is 13.0 Å². The van der Waals surface area contributed by atoms with Gasteiger partial charge in [0.2, 0.25) is 0 Å². The highest BCUT2D eigenvalue weighted by atomic mass is 35.5. The second-order valence-corrected chi connectivity index (χ2v) is 4.61. The Morgan fingerprint density at radius 1 is 1.38 bits per heavy atom. The molecule has 0 saturated heterocycles. The third-order valence-corrected chi connectivity index (χ3v) is 3.12. The Morgan fingerprint density at radius 2 is 2.14 bits per heavy atom. The number of nitrogens with zero attached hydrogens (tertiary/aromatic N) is 1. The maximum absolute atomic E-state index is 12.3. The Morgan fingerprint density at radius 3 is 2.81 bits per heavy atom. The van der Waals surface area contributed by atoms with E-state index in [-0.39, 0.29) is 11.3 Å². The Labute approximate surface area is 126 Å². The SMILES string of the molecule is COc1cccc(C(=O)Nc2cc(Cl)ccc2C#N)c1N. The number of nitrogens with two attached hydrogens (primary N) is 1. The van der Waals surface area contributed by atoms with Gasteiger partial charge in [0, 0.05) is 5.02 Å². The van der Waals surface area contributed by atoms with Crippen molar-refractivity contribution in [2.75, 3.05) is 18.2 Å².